The van der Waals surface area contributed by atoms with Crippen molar-refractivity contribution in [3.05, 3.63) is 53.7 Å². The molecule has 1 aromatic carbocycles. The maximum absolute atomic E-state index is 13.2. The number of hydrogen-bond donors (Lipinski definition) is 2. The molecule has 0 unspecified atom stereocenters. The number of hydrogen-bond acceptors (Lipinski definition) is 4. The molecule has 1 amide bonds. The predicted octanol–water partition coefficient (Wildman–Crippen LogP) is 2.19. The lowest BCUT2D eigenvalue weighted by Gasteiger charge is -2.32. The molecular weight excluding hydrogens is 297 g/mol. The van der Waals surface area contributed by atoms with E-state index in [9.17, 15) is 9.18 Å². The second-order valence-electron chi connectivity index (χ2n) is 5.47. The number of nitrogens with zero attached hydrogens (tertiary/aromatic N) is 1. The quantitative estimate of drug-likeness (QED) is 0.888. The number of carbonyl (C=O) groups excluding carboxylic acids is 1. The van der Waals surface area contributed by atoms with E-state index in [1.165, 1.54) is 13.3 Å². The number of methoxy groups -OCH3 is 1. The molecule has 1 aromatic heterocycles. The number of benzene rings is 1. The minimum Gasteiger partial charge on any atom is -0.481 e. The van der Waals surface area contributed by atoms with E-state index in [4.69, 9.17) is 4.74 Å². The van der Waals surface area contributed by atoms with Crippen LogP contribution in [0, 0.1) is 0 Å². The van der Waals surface area contributed by atoms with Crippen LogP contribution in [0.1, 0.15) is 15.9 Å². The summed E-state index contributed by atoms with van der Waals surface area (Å²) in [6.07, 6.45) is 1.41. The van der Waals surface area contributed by atoms with Crippen LogP contribution in [0.15, 0.2) is 42.6 Å². The molecule has 2 aromatic rings. The average molecular weight is 315 g/mol. The SMILES string of the molecule is COc1cc(C(=O)Nc2ccc(C[C@H]3NC[C@H]3F)cc2)ccn1. The van der Waals surface area contributed by atoms with Crippen LogP contribution in [0.25, 0.3) is 0 Å². The molecule has 2 heterocycles. The van der Waals surface area contributed by atoms with Crippen LogP contribution in [-0.2, 0) is 6.42 Å². The molecule has 6 heteroatoms. The number of alkyl halides is 1. The van der Waals surface area contributed by atoms with Gasteiger partial charge in [-0.3, -0.25) is 4.79 Å². The maximum atomic E-state index is 13.2. The number of anilines is 1. The molecule has 0 radical (unpaired) electrons. The average Bonchev–Trinajstić information content (AvgIpc) is 2.59. The van der Waals surface area contributed by atoms with Gasteiger partial charge in [0.05, 0.1) is 7.11 Å². The fourth-order valence-electron chi connectivity index (χ4n) is 2.42. The van der Waals surface area contributed by atoms with Gasteiger partial charge in [0, 0.05) is 36.1 Å². The van der Waals surface area contributed by atoms with Crippen molar-refractivity contribution in [2.75, 3.05) is 19.0 Å². The summed E-state index contributed by atoms with van der Waals surface area (Å²) in [4.78, 5) is 16.2. The summed E-state index contributed by atoms with van der Waals surface area (Å²) in [6.45, 7) is 0.439. The number of ether oxygens (including phenoxy) is 1. The van der Waals surface area contributed by atoms with Crippen molar-refractivity contribution in [2.24, 2.45) is 0 Å². The Hall–Kier alpha value is -2.47. The van der Waals surface area contributed by atoms with Gasteiger partial charge < -0.3 is 15.4 Å². The highest BCUT2D eigenvalue weighted by molar-refractivity contribution is 6.04. The summed E-state index contributed by atoms with van der Waals surface area (Å²) in [5.41, 5.74) is 2.20. The van der Waals surface area contributed by atoms with E-state index in [-0.39, 0.29) is 11.9 Å². The molecule has 5 nitrogen and oxygen atoms in total. The molecule has 120 valence electrons. The van der Waals surface area contributed by atoms with Crippen LogP contribution in [-0.4, -0.2) is 36.8 Å². The van der Waals surface area contributed by atoms with Crippen molar-refractivity contribution in [3.63, 3.8) is 0 Å². The van der Waals surface area contributed by atoms with Crippen LogP contribution in [0.4, 0.5) is 10.1 Å². The molecular formula is C17H18FN3O2. The number of rotatable bonds is 5. The molecule has 0 bridgehead atoms. The molecule has 0 saturated carbocycles. The number of halogens is 1. The third-order valence-corrected chi connectivity index (χ3v) is 3.89. The Morgan fingerprint density at radius 1 is 1.39 bits per heavy atom. The Balaban J connectivity index is 1.62. The zero-order valence-corrected chi connectivity index (χ0v) is 12.8. The Morgan fingerprint density at radius 2 is 2.17 bits per heavy atom. The molecule has 0 aliphatic carbocycles. The molecule has 3 rings (SSSR count). The van der Waals surface area contributed by atoms with Crippen LogP contribution >= 0.6 is 0 Å². The first kappa shape index (κ1) is 15.4. The van der Waals surface area contributed by atoms with E-state index in [0.717, 1.165) is 5.56 Å². The number of aromatic nitrogens is 1. The largest absolute Gasteiger partial charge is 0.481 e. The maximum Gasteiger partial charge on any atom is 0.255 e. The first-order valence-electron chi connectivity index (χ1n) is 7.43. The van der Waals surface area contributed by atoms with Gasteiger partial charge in [0.15, 0.2) is 0 Å². The summed E-state index contributed by atoms with van der Waals surface area (Å²) in [5, 5.41) is 5.88. The zero-order valence-electron chi connectivity index (χ0n) is 12.8. The Bertz CT molecular complexity index is 690. The molecule has 1 aliphatic heterocycles. The molecule has 1 aliphatic rings. The van der Waals surface area contributed by atoms with Gasteiger partial charge in [-0.25, -0.2) is 9.37 Å². The normalized spacial score (nSPS) is 19.7. The monoisotopic (exact) mass is 315 g/mol. The van der Waals surface area contributed by atoms with Gasteiger partial charge in [0.25, 0.3) is 5.91 Å². The second kappa shape index (κ2) is 6.75. The first-order valence-corrected chi connectivity index (χ1v) is 7.43. The van der Waals surface area contributed by atoms with Crippen molar-refractivity contribution in [1.29, 1.82) is 0 Å². The van der Waals surface area contributed by atoms with E-state index in [2.05, 4.69) is 15.6 Å². The highest BCUT2D eigenvalue weighted by Crippen LogP contribution is 2.17. The highest BCUT2D eigenvalue weighted by Gasteiger charge is 2.29. The van der Waals surface area contributed by atoms with E-state index in [1.807, 2.05) is 24.3 Å². The van der Waals surface area contributed by atoms with Crippen molar-refractivity contribution in [3.8, 4) is 5.88 Å². The topological polar surface area (TPSA) is 63.2 Å². The zero-order chi connectivity index (χ0) is 16.2. The molecule has 1 saturated heterocycles. The van der Waals surface area contributed by atoms with Crippen LogP contribution in [0.2, 0.25) is 0 Å². The van der Waals surface area contributed by atoms with E-state index in [1.54, 1.807) is 12.1 Å². The van der Waals surface area contributed by atoms with Crippen LogP contribution in [0.5, 0.6) is 5.88 Å². The van der Waals surface area contributed by atoms with Gasteiger partial charge in [0.2, 0.25) is 5.88 Å². The Morgan fingerprint density at radius 3 is 2.78 bits per heavy atom. The molecule has 0 spiro atoms. The molecule has 2 atom stereocenters. The predicted molar refractivity (Wildman–Crippen MR) is 85.6 cm³/mol. The van der Waals surface area contributed by atoms with Crippen molar-refractivity contribution in [1.82, 2.24) is 10.3 Å². The number of carbonyl (C=O) groups is 1. The fourth-order valence-corrected chi connectivity index (χ4v) is 2.42. The van der Waals surface area contributed by atoms with Crippen LogP contribution < -0.4 is 15.4 Å². The van der Waals surface area contributed by atoms with Gasteiger partial charge >= 0.3 is 0 Å². The lowest BCUT2D eigenvalue weighted by atomic mass is 9.96. The second-order valence-corrected chi connectivity index (χ2v) is 5.47. The van der Waals surface area contributed by atoms with Gasteiger partial charge in [-0.05, 0) is 30.2 Å². The van der Waals surface area contributed by atoms with Crippen molar-refractivity contribution in [2.45, 2.75) is 18.6 Å². The first-order chi connectivity index (χ1) is 11.2. The summed E-state index contributed by atoms with van der Waals surface area (Å²) in [6, 6.07) is 10.5. The molecule has 1 fully saturated rings. The lowest BCUT2D eigenvalue weighted by molar-refractivity contribution is 0.102. The van der Waals surface area contributed by atoms with E-state index < -0.39 is 6.17 Å². The smallest absolute Gasteiger partial charge is 0.255 e. The lowest BCUT2D eigenvalue weighted by Crippen LogP contribution is -2.55. The minimum absolute atomic E-state index is 0.0975. The molecule has 23 heavy (non-hydrogen) atoms. The number of amides is 1. The van der Waals surface area contributed by atoms with Gasteiger partial charge in [-0.1, -0.05) is 12.1 Å². The number of nitrogens with one attached hydrogen (secondary N) is 2. The number of pyridine rings is 1. The standard InChI is InChI=1S/C17H18FN3O2/c1-23-16-9-12(6-7-19-16)17(22)21-13-4-2-11(3-5-13)8-15-14(18)10-20-15/h2-7,9,14-15,20H,8,10H2,1H3,(H,21,22)/t14-,15-/m1/s1. The van der Waals surface area contributed by atoms with Gasteiger partial charge in [-0.15, -0.1) is 0 Å². The molecule has 2 N–H and O–H groups in total. The van der Waals surface area contributed by atoms with Gasteiger partial charge in [0.1, 0.15) is 6.17 Å². The van der Waals surface area contributed by atoms with Crippen LogP contribution in [0.3, 0.4) is 0 Å². The van der Waals surface area contributed by atoms with Gasteiger partial charge in [-0.2, -0.15) is 0 Å². The van der Waals surface area contributed by atoms with E-state index >= 15 is 0 Å². The van der Waals surface area contributed by atoms with Crippen molar-refractivity contribution >= 4 is 11.6 Å². The summed E-state index contributed by atoms with van der Waals surface area (Å²) in [7, 11) is 1.50. The van der Waals surface area contributed by atoms with E-state index in [0.29, 0.717) is 30.1 Å². The summed E-state index contributed by atoms with van der Waals surface area (Å²) in [5.74, 6) is 0.157. The Labute approximate surface area is 133 Å². The third-order valence-electron chi connectivity index (χ3n) is 3.89. The minimum atomic E-state index is -0.768. The summed E-state index contributed by atoms with van der Waals surface area (Å²) < 4.78 is 18.2. The van der Waals surface area contributed by atoms with Crippen molar-refractivity contribution < 1.29 is 13.9 Å². The Kier molecular flexibility index (Phi) is 4.52. The summed E-state index contributed by atoms with van der Waals surface area (Å²) >= 11 is 0. The third kappa shape index (κ3) is 3.65. The highest BCUT2D eigenvalue weighted by atomic mass is 19.1. The fraction of sp³-hybridized carbons (Fsp3) is 0.294.